The number of benzene rings is 1. The Labute approximate surface area is 191 Å². The van der Waals surface area contributed by atoms with Crippen molar-refractivity contribution >= 4 is 11.8 Å². The van der Waals surface area contributed by atoms with E-state index in [9.17, 15) is 9.90 Å². The number of anilines is 1. The molecule has 0 bridgehead atoms. The Morgan fingerprint density at radius 2 is 2.06 bits per heavy atom. The Morgan fingerprint density at radius 3 is 2.88 bits per heavy atom. The molecular weight excluding hydrogens is 402 g/mol. The minimum Gasteiger partial charge on any atom is -0.480 e. The summed E-state index contributed by atoms with van der Waals surface area (Å²) in [5.74, 6) is 0.295. The molecule has 1 atom stereocenters. The van der Waals surface area contributed by atoms with E-state index >= 15 is 0 Å². The molecule has 4 rings (SSSR count). The van der Waals surface area contributed by atoms with E-state index in [2.05, 4.69) is 24.4 Å². The number of rotatable bonds is 11. The van der Waals surface area contributed by atoms with Crippen LogP contribution in [0.1, 0.15) is 61.0 Å². The van der Waals surface area contributed by atoms with E-state index in [1.807, 2.05) is 29.2 Å². The van der Waals surface area contributed by atoms with Gasteiger partial charge >= 0.3 is 5.97 Å². The first-order chi connectivity index (χ1) is 15.7. The molecule has 2 aliphatic rings. The third-order valence-corrected chi connectivity index (χ3v) is 6.59. The molecule has 3 heterocycles. The van der Waals surface area contributed by atoms with Crippen molar-refractivity contribution in [2.24, 2.45) is 0 Å². The Hall–Kier alpha value is -2.44. The molecule has 1 aromatic carbocycles. The summed E-state index contributed by atoms with van der Waals surface area (Å²) in [6.07, 6.45) is 7.55. The molecule has 32 heavy (non-hydrogen) atoms. The number of carboxylic acid groups (broad SMARTS) is 1. The van der Waals surface area contributed by atoms with Gasteiger partial charge in [0.25, 0.3) is 0 Å². The number of unbranched alkanes of at least 4 members (excludes halogenated alkanes) is 2. The number of aryl methyl sites for hydroxylation is 3. The second-order valence-corrected chi connectivity index (χ2v) is 8.89. The van der Waals surface area contributed by atoms with E-state index in [0.717, 1.165) is 68.6 Å². The zero-order valence-electron chi connectivity index (χ0n) is 19.1. The van der Waals surface area contributed by atoms with Crippen LogP contribution in [0.15, 0.2) is 36.4 Å². The van der Waals surface area contributed by atoms with Crippen molar-refractivity contribution < 1.29 is 14.6 Å². The fourth-order valence-corrected chi connectivity index (χ4v) is 4.74. The summed E-state index contributed by atoms with van der Waals surface area (Å²) < 4.78 is 6.00. The fraction of sp³-hybridized carbons (Fsp3) is 0.538. The number of nitrogens with zero attached hydrogens (tertiary/aromatic N) is 2. The molecule has 0 aliphatic carbocycles. The zero-order valence-corrected chi connectivity index (χ0v) is 19.1. The predicted molar refractivity (Wildman–Crippen MR) is 126 cm³/mol. The first kappa shape index (κ1) is 22.7. The third kappa shape index (κ3) is 5.48. The Bertz CT molecular complexity index is 911. The number of nitrogens with one attached hydrogen (secondary N) is 1. The summed E-state index contributed by atoms with van der Waals surface area (Å²) in [6, 6.07) is 11.7. The van der Waals surface area contributed by atoms with Gasteiger partial charge in [-0.3, -0.25) is 9.69 Å². The minimum absolute atomic E-state index is 0.138. The predicted octanol–water partition coefficient (Wildman–Crippen LogP) is 4.24. The number of carbonyl (C=O) groups is 1. The summed E-state index contributed by atoms with van der Waals surface area (Å²) in [5, 5.41) is 13.2. The summed E-state index contributed by atoms with van der Waals surface area (Å²) in [7, 11) is 0. The van der Waals surface area contributed by atoms with Crippen LogP contribution in [0.4, 0.5) is 5.82 Å². The molecular formula is C26H35N3O3. The van der Waals surface area contributed by atoms with Gasteiger partial charge in [-0.05, 0) is 61.3 Å². The number of likely N-dealkylation sites (tertiary alicyclic amines) is 1. The van der Waals surface area contributed by atoms with Crippen molar-refractivity contribution in [1.82, 2.24) is 9.88 Å². The van der Waals surface area contributed by atoms with Crippen LogP contribution in [0.3, 0.4) is 0 Å². The van der Waals surface area contributed by atoms with Crippen LogP contribution in [0, 0.1) is 0 Å². The van der Waals surface area contributed by atoms with Gasteiger partial charge in [0, 0.05) is 31.9 Å². The molecule has 1 aromatic heterocycles. The highest BCUT2D eigenvalue weighted by Gasteiger charge is 2.38. The maximum absolute atomic E-state index is 11.9. The maximum atomic E-state index is 11.9. The number of aromatic nitrogens is 1. The Kier molecular flexibility index (Phi) is 7.76. The lowest BCUT2D eigenvalue weighted by Crippen LogP contribution is -2.55. The van der Waals surface area contributed by atoms with Crippen molar-refractivity contribution in [2.45, 2.75) is 64.0 Å². The normalized spacial score (nSPS) is 17.3. The van der Waals surface area contributed by atoms with Crippen LogP contribution >= 0.6 is 0 Å². The molecule has 0 radical (unpaired) electrons. The highest BCUT2D eigenvalue weighted by atomic mass is 16.5. The number of pyridine rings is 1. The summed E-state index contributed by atoms with van der Waals surface area (Å²) >= 11 is 0. The molecule has 2 N–H and O–H groups in total. The second-order valence-electron chi connectivity index (χ2n) is 8.89. The van der Waals surface area contributed by atoms with Crippen molar-refractivity contribution in [3.63, 3.8) is 0 Å². The van der Waals surface area contributed by atoms with Crippen LogP contribution in [0.25, 0.3) is 0 Å². The average Bonchev–Trinajstić information content (AvgIpc) is 2.79. The molecule has 2 aliphatic heterocycles. The number of aliphatic carboxylic acids is 1. The maximum Gasteiger partial charge on any atom is 0.325 e. The number of hydrogen-bond donors (Lipinski definition) is 2. The lowest BCUT2D eigenvalue weighted by atomic mass is 9.95. The van der Waals surface area contributed by atoms with E-state index in [4.69, 9.17) is 9.72 Å². The SMILES string of the molecule is CCc1ccccc1[C@H](C(=O)O)N1CC(OCCCCCc2ccc3c(n2)NCCC3)C1. The minimum atomic E-state index is -0.782. The highest BCUT2D eigenvalue weighted by molar-refractivity contribution is 5.76. The highest BCUT2D eigenvalue weighted by Crippen LogP contribution is 2.30. The quantitative estimate of drug-likeness (QED) is 0.512. The molecule has 172 valence electrons. The zero-order chi connectivity index (χ0) is 22.3. The number of hydrogen-bond acceptors (Lipinski definition) is 5. The van der Waals surface area contributed by atoms with Crippen LogP contribution in [0.5, 0.6) is 0 Å². The van der Waals surface area contributed by atoms with E-state index in [-0.39, 0.29) is 6.10 Å². The molecule has 1 fully saturated rings. The van der Waals surface area contributed by atoms with E-state index in [1.54, 1.807) is 0 Å². The summed E-state index contributed by atoms with van der Waals surface area (Å²) in [5.41, 5.74) is 4.52. The molecule has 0 unspecified atom stereocenters. The molecule has 0 amide bonds. The van der Waals surface area contributed by atoms with Crippen molar-refractivity contribution in [1.29, 1.82) is 0 Å². The van der Waals surface area contributed by atoms with Crippen molar-refractivity contribution in [2.75, 3.05) is 31.6 Å². The van der Waals surface area contributed by atoms with Crippen LogP contribution in [-0.4, -0.2) is 53.3 Å². The standard InChI is InChI=1S/C26H35N3O3/c1-2-19-9-5-6-12-23(19)24(26(30)31)29-17-22(18-29)32-16-7-3-4-11-21-14-13-20-10-8-15-27-25(20)28-21/h5-6,9,12-14,22,24H,2-4,7-8,10-11,15-18H2,1H3,(H,27,28)(H,30,31)/t24-/m1/s1. The van der Waals surface area contributed by atoms with E-state index in [0.29, 0.717) is 13.1 Å². The summed E-state index contributed by atoms with van der Waals surface area (Å²) in [6.45, 7) is 5.19. The lowest BCUT2D eigenvalue weighted by molar-refractivity contribution is -0.151. The molecule has 6 heteroatoms. The van der Waals surface area contributed by atoms with Gasteiger partial charge in [0.15, 0.2) is 0 Å². The van der Waals surface area contributed by atoms with Gasteiger partial charge in [0.2, 0.25) is 0 Å². The average molecular weight is 438 g/mol. The monoisotopic (exact) mass is 437 g/mol. The molecule has 0 saturated carbocycles. The third-order valence-electron chi connectivity index (χ3n) is 6.59. The van der Waals surface area contributed by atoms with Crippen molar-refractivity contribution in [3.05, 3.63) is 58.8 Å². The number of fused-ring (bicyclic) bond motifs is 1. The lowest BCUT2D eigenvalue weighted by Gasteiger charge is -2.42. The Morgan fingerprint density at radius 1 is 1.22 bits per heavy atom. The number of ether oxygens (including phenoxy) is 1. The Balaban J connectivity index is 1.14. The summed E-state index contributed by atoms with van der Waals surface area (Å²) in [4.78, 5) is 18.7. The second kappa shape index (κ2) is 10.9. The van der Waals surface area contributed by atoms with Gasteiger partial charge < -0.3 is 15.2 Å². The topological polar surface area (TPSA) is 74.7 Å². The fourth-order valence-electron chi connectivity index (χ4n) is 4.74. The first-order valence-corrected chi connectivity index (χ1v) is 12.0. The molecule has 1 saturated heterocycles. The van der Waals surface area contributed by atoms with Gasteiger partial charge in [-0.15, -0.1) is 0 Å². The van der Waals surface area contributed by atoms with Gasteiger partial charge in [-0.2, -0.15) is 0 Å². The van der Waals surface area contributed by atoms with Gasteiger partial charge in [-0.1, -0.05) is 43.7 Å². The van der Waals surface area contributed by atoms with E-state index in [1.165, 1.54) is 17.7 Å². The molecule has 6 nitrogen and oxygen atoms in total. The van der Waals surface area contributed by atoms with E-state index < -0.39 is 12.0 Å². The van der Waals surface area contributed by atoms with Crippen LogP contribution in [-0.2, 0) is 28.8 Å². The number of carboxylic acids is 1. The van der Waals surface area contributed by atoms with Gasteiger partial charge in [0.05, 0.1) is 6.10 Å². The van der Waals surface area contributed by atoms with Gasteiger partial charge in [-0.25, -0.2) is 4.98 Å². The van der Waals surface area contributed by atoms with Crippen LogP contribution < -0.4 is 5.32 Å². The molecule has 0 spiro atoms. The first-order valence-electron chi connectivity index (χ1n) is 12.0. The van der Waals surface area contributed by atoms with Gasteiger partial charge in [0.1, 0.15) is 11.9 Å². The van der Waals surface area contributed by atoms with Crippen molar-refractivity contribution in [3.8, 4) is 0 Å². The smallest absolute Gasteiger partial charge is 0.325 e. The van der Waals surface area contributed by atoms with Crippen LogP contribution in [0.2, 0.25) is 0 Å². The largest absolute Gasteiger partial charge is 0.480 e. The molecule has 2 aromatic rings.